The number of furan rings is 1. The Morgan fingerprint density at radius 3 is 2.50 bits per heavy atom. The van der Waals surface area contributed by atoms with Gasteiger partial charge in [0.15, 0.2) is 0 Å². The molecule has 0 spiro atoms. The topological polar surface area (TPSA) is 56.5 Å². The molecule has 0 aliphatic carbocycles. The van der Waals surface area contributed by atoms with Gasteiger partial charge in [0.25, 0.3) is 10.1 Å². The van der Waals surface area contributed by atoms with Crippen molar-refractivity contribution in [2.24, 2.45) is 0 Å². The lowest BCUT2D eigenvalue weighted by atomic mass is 10.5. The van der Waals surface area contributed by atoms with Gasteiger partial charge < -0.3 is 8.29 Å². The minimum atomic E-state index is -3.49. The summed E-state index contributed by atoms with van der Waals surface area (Å²) in [4.78, 5) is 0. The molecular formula is C8H14O4SSi. The highest BCUT2D eigenvalue weighted by Gasteiger charge is 2.25. The smallest absolute Gasteiger partial charge is 0.265 e. The van der Waals surface area contributed by atoms with E-state index in [1.165, 1.54) is 6.26 Å². The van der Waals surface area contributed by atoms with Crippen molar-refractivity contribution < 1.29 is 16.7 Å². The molecule has 0 radical (unpaired) electrons. The third kappa shape index (κ3) is 4.08. The monoisotopic (exact) mass is 234 g/mol. The third-order valence-corrected chi connectivity index (χ3v) is 4.93. The maximum atomic E-state index is 11.5. The van der Waals surface area contributed by atoms with Crippen molar-refractivity contribution >= 4 is 18.4 Å². The second-order valence-electron chi connectivity index (χ2n) is 3.98. The standard InChI is InChI=1S/C8H14O4SSi/c1-14(2,3)12-13(9,10)7-8-5-4-6-11-8/h4-6H,7H2,1-3H3. The van der Waals surface area contributed by atoms with E-state index in [2.05, 4.69) is 0 Å². The molecule has 0 N–H and O–H groups in total. The summed E-state index contributed by atoms with van der Waals surface area (Å²) in [6, 6.07) is 3.27. The lowest BCUT2D eigenvalue weighted by molar-refractivity contribution is 0.469. The van der Waals surface area contributed by atoms with E-state index in [-0.39, 0.29) is 5.75 Å². The van der Waals surface area contributed by atoms with E-state index in [4.69, 9.17) is 8.29 Å². The van der Waals surface area contributed by atoms with Crippen molar-refractivity contribution in [3.8, 4) is 0 Å². The molecule has 1 aromatic heterocycles. The van der Waals surface area contributed by atoms with E-state index in [1.807, 2.05) is 19.6 Å². The summed E-state index contributed by atoms with van der Waals surface area (Å²) in [6.07, 6.45) is 1.44. The van der Waals surface area contributed by atoms with Gasteiger partial charge in [-0.05, 0) is 31.8 Å². The van der Waals surface area contributed by atoms with Crippen LogP contribution in [0.25, 0.3) is 0 Å². The summed E-state index contributed by atoms with van der Waals surface area (Å²) in [6.45, 7) is 5.48. The SMILES string of the molecule is C[Si](C)(C)OS(=O)(=O)Cc1ccco1. The first-order valence-corrected chi connectivity index (χ1v) is 9.23. The Labute approximate surface area is 85.1 Å². The van der Waals surface area contributed by atoms with Crippen molar-refractivity contribution in [2.75, 3.05) is 0 Å². The van der Waals surface area contributed by atoms with Crippen LogP contribution >= 0.6 is 0 Å². The fraction of sp³-hybridized carbons (Fsp3) is 0.500. The van der Waals surface area contributed by atoms with Gasteiger partial charge >= 0.3 is 0 Å². The minimum absolute atomic E-state index is 0.190. The van der Waals surface area contributed by atoms with Crippen LogP contribution in [-0.2, 0) is 19.7 Å². The van der Waals surface area contributed by atoms with E-state index in [0.29, 0.717) is 5.76 Å². The first-order chi connectivity index (χ1) is 6.29. The summed E-state index contributed by atoms with van der Waals surface area (Å²) in [7, 11) is -5.55. The molecule has 0 aliphatic heterocycles. The molecule has 0 saturated carbocycles. The molecular weight excluding hydrogens is 220 g/mol. The van der Waals surface area contributed by atoms with Crippen LogP contribution < -0.4 is 0 Å². The van der Waals surface area contributed by atoms with Gasteiger partial charge in [0.05, 0.1) is 6.26 Å². The Hall–Kier alpha value is -0.593. The highest BCUT2D eigenvalue weighted by molar-refractivity contribution is 7.87. The van der Waals surface area contributed by atoms with E-state index in [0.717, 1.165) is 0 Å². The van der Waals surface area contributed by atoms with Gasteiger partial charge in [-0.15, -0.1) is 0 Å². The molecule has 0 atom stereocenters. The van der Waals surface area contributed by atoms with Crippen LogP contribution in [0.4, 0.5) is 0 Å². The zero-order valence-corrected chi connectivity index (χ0v) is 10.3. The van der Waals surface area contributed by atoms with Crippen LogP contribution in [0.1, 0.15) is 5.76 Å². The van der Waals surface area contributed by atoms with Gasteiger partial charge in [-0.25, -0.2) is 0 Å². The number of hydrogen-bond acceptors (Lipinski definition) is 4. The number of rotatable bonds is 4. The third-order valence-electron chi connectivity index (χ3n) is 1.28. The van der Waals surface area contributed by atoms with Crippen LogP contribution in [0, 0.1) is 0 Å². The zero-order chi connectivity index (χ0) is 10.8. The average Bonchev–Trinajstić information content (AvgIpc) is 2.31. The molecule has 80 valence electrons. The van der Waals surface area contributed by atoms with Gasteiger partial charge in [0, 0.05) is 0 Å². The Balaban J connectivity index is 2.69. The lowest BCUT2D eigenvalue weighted by Gasteiger charge is -2.15. The van der Waals surface area contributed by atoms with Gasteiger partial charge in [-0.1, -0.05) is 0 Å². The summed E-state index contributed by atoms with van der Waals surface area (Å²) < 4.78 is 32.9. The summed E-state index contributed by atoms with van der Waals surface area (Å²) in [5, 5.41) is 0. The summed E-state index contributed by atoms with van der Waals surface area (Å²) in [5.41, 5.74) is 0. The molecule has 1 rings (SSSR count). The fourth-order valence-electron chi connectivity index (χ4n) is 0.979. The van der Waals surface area contributed by atoms with Gasteiger partial charge in [-0.2, -0.15) is 8.42 Å². The molecule has 14 heavy (non-hydrogen) atoms. The van der Waals surface area contributed by atoms with Crippen molar-refractivity contribution in [1.29, 1.82) is 0 Å². The van der Waals surface area contributed by atoms with Gasteiger partial charge in [0.1, 0.15) is 11.5 Å². The maximum Gasteiger partial charge on any atom is 0.265 e. The molecule has 1 heterocycles. The summed E-state index contributed by atoms with van der Waals surface area (Å²) >= 11 is 0. The first-order valence-electron chi connectivity index (χ1n) is 4.24. The lowest BCUT2D eigenvalue weighted by Crippen LogP contribution is -2.29. The molecule has 0 bridgehead atoms. The molecule has 0 aliphatic rings. The Bertz CT molecular complexity index is 374. The van der Waals surface area contributed by atoms with E-state index in [1.54, 1.807) is 12.1 Å². The van der Waals surface area contributed by atoms with Gasteiger partial charge in [0.2, 0.25) is 8.32 Å². The zero-order valence-electron chi connectivity index (χ0n) is 8.48. The van der Waals surface area contributed by atoms with E-state index in [9.17, 15) is 8.42 Å². The van der Waals surface area contributed by atoms with E-state index < -0.39 is 18.4 Å². The second-order valence-corrected chi connectivity index (χ2v) is 10.3. The van der Waals surface area contributed by atoms with Crippen LogP contribution in [0.2, 0.25) is 19.6 Å². The molecule has 0 unspecified atom stereocenters. The quantitative estimate of drug-likeness (QED) is 0.747. The fourth-order valence-corrected chi connectivity index (χ4v) is 4.77. The highest BCUT2D eigenvalue weighted by atomic mass is 32.2. The Kier molecular flexibility index (Phi) is 3.18. The maximum absolute atomic E-state index is 11.5. The second kappa shape index (κ2) is 3.88. The van der Waals surface area contributed by atoms with Crippen molar-refractivity contribution in [1.82, 2.24) is 0 Å². The molecule has 0 saturated heterocycles. The van der Waals surface area contributed by atoms with Crippen LogP contribution in [0.5, 0.6) is 0 Å². The summed E-state index contributed by atoms with van der Waals surface area (Å²) in [5.74, 6) is 0.216. The average molecular weight is 234 g/mol. The van der Waals surface area contributed by atoms with Gasteiger partial charge in [-0.3, -0.25) is 0 Å². The van der Waals surface area contributed by atoms with E-state index >= 15 is 0 Å². The van der Waals surface area contributed by atoms with Crippen LogP contribution in [0.15, 0.2) is 22.8 Å². The first kappa shape index (κ1) is 11.5. The molecule has 0 amide bonds. The van der Waals surface area contributed by atoms with Crippen LogP contribution in [0.3, 0.4) is 0 Å². The molecule has 4 nitrogen and oxygen atoms in total. The molecule has 1 aromatic rings. The van der Waals surface area contributed by atoms with Crippen molar-refractivity contribution in [3.05, 3.63) is 24.2 Å². The minimum Gasteiger partial charge on any atom is -0.468 e. The largest absolute Gasteiger partial charge is 0.468 e. The predicted octanol–water partition coefficient (Wildman–Crippen LogP) is 1.96. The highest BCUT2D eigenvalue weighted by Crippen LogP contribution is 2.13. The number of hydrogen-bond donors (Lipinski definition) is 0. The molecule has 0 aromatic carbocycles. The van der Waals surface area contributed by atoms with Crippen molar-refractivity contribution in [3.63, 3.8) is 0 Å². The Morgan fingerprint density at radius 1 is 1.43 bits per heavy atom. The molecule has 0 fully saturated rings. The predicted molar refractivity (Wildman–Crippen MR) is 55.8 cm³/mol. The van der Waals surface area contributed by atoms with Crippen molar-refractivity contribution in [2.45, 2.75) is 25.4 Å². The normalized spacial score (nSPS) is 13.1. The Morgan fingerprint density at radius 2 is 2.07 bits per heavy atom. The van der Waals surface area contributed by atoms with Crippen LogP contribution in [-0.4, -0.2) is 16.7 Å². The molecule has 6 heteroatoms.